The van der Waals surface area contributed by atoms with Crippen LogP contribution in [-0.2, 0) is 0 Å². The second kappa shape index (κ2) is 4.72. The minimum absolute atomic E-state index is 1.04. The molecule has 3 heteroatoms. The van der Waals surface area contributed by atoms with Crippen molar-refractivity contribution in [2.45, 2.75) is 6.42 Å². The SMILES string of the molecule is c1ccc2c(N3CCCNCC3)nccc2c1. The third kappa shape index (κ3) is 2.11. The van der Waals surface area contributed by atoms with Crippen LogP contribution in [-0.4, -0.2) is 31.2 Å². The van der Waals surface area contributed by atoms with Gasteiger partial charge in [-0.15, -0.1) is 0 Å². The summed E-state index contributed by atoms with van der Waals surface area (Å²) >= 11 is 0. The van der Waals surface area contributed by atoms with E-state index in [-0.39, 0.29) is 0 Å². The first-order chi connectivity index (χ1) is 8.45. The van der Waals surface area contributed by atoms with Gasteiger partial charge in [0.1, 0.15) is 5.82 Å². The lowest BCUT2D eigenvalue weighted by molar-refractivity contribution is 0.724. The van der Waals surface area contributed by atoms with Crippen molar-refractivity contribution in [2.24, 2.45) is 0 Å². The number of hydrogen-bond donors (Lipinski definition) is 1. The number of benzene rings is 1. The molecule has 0 saturated carbocycles. The van der Waals surface area contributed by atoms with Crippen molar-refractivity contribution in [2.75, 3.05) is 31.1 Å². The summed E-state index contributed by atoms with van der Waals surface area (Å²) in [5.41, 5.74) is 0. The number of nitrogens with zero attached hydrogens (tertiary/aromatic N) is 2. The Kier molecular flexibility index (Phi) is 2.92. The van der Waals surface area contributed by atoms with Gasteiger partial charge in [-0.05, 0) is 24.4 Å². The van der Waals surface area contributed by atoms with Crippen LogP contribution in [0.3, 0.4) is 0 Å². The van der Waals surface area contributed by atoms with Crippen LogP contribution in [0.25, 0.3) is 10.8 Å². The maximum Gasteiger partial charge on any atom is 0.136 e. The van der Waals surface area contributed by atoms with E-state index in [0.29, 0.717) is 0 Å². The summed E-state index contributed by atoms with van der Waals surface area (Å²) < 4.78 is 0. The molecule has 0 amide bonds. The van der Waals surface area contributed by atoms with Gasteiger partial charge in [-0.25, -0.2) is 4.98 Å². The highest BCUT2D eigenvalue weighted by atomic mass is 15.2. The molecule has 0 radical (unpaired) electrons. The van der Waals surface area contributed by atoms with Crippen molar-refractivity contribution in [3.8, 4) is 0 Å². The normalized spacial score (nSPS) is 17.1. The van der Waals surface area contributed by atoms with Crippen LogP contribution < -0.4 is 10.2 Å². The molecule has 0 aliphatic carbocycles. The van der Waals surface area contributed by atoms with Gasteiger partial charge < -0.3 is 10.2 Å². The van der Waals surface area contributed by atoms with Crippen molar-refractivity contribution in [1.29, 1.82) is 0 Å². The Balaban J connectivity index is 2.03. The lowest BCUT2D eigenvalue weighted by Crippen LogP contribution is -2.28. The van der Waals surface area contributed by atoms with E-state index in [2.05, 4.69) is 45.5 Å². The molecule has 1 aliphatic rings. The van der Waals surface area contributed by atoms with E-state index in [1.807, 2.05) is 6.20 Å². The topological polar surface area (TPSA) is 28.2 Å². The van der Waals surface area contributed by atoms with Crippen molar-refractivity contribution in [3.63, 3.8) is 0 Å². The number of nitrogens with one attached hydrogen (secondary N) is 1. The fourth-order valence-electron chi connectivity index (χ4n) is 2.41. The smallest absolute Gasteiger partial charge is 0.136 e. The van der Waals surface area contributed by atoms with Gasteiger partial charge >= 0.3 is 0 Å². The monoisotopic (exact) mass is 227 g/mol. The Bertz CT molecular complexity index is 496. The number of rotatable bonds is 1. The van der Waals surface area contributed by atoms with Crippen molar-refractivity contribution in [1.82, 2.24) is 10.3 Å². The fourth-order valence-corrected chi connectivity index (χ4v) is 2.41. The molecular weight excluding hydrogens is 210 g/mol. The van der Waals surface area contributed by atoms with Crippen LogP contribution in [0.15, 0.2) is 36.5 Å². The van der Waals surface area contributed by atoms with Gasteiger partial charge in [-0.2, -0.15) is 0 Å². The number of aromatic nitrogens is 1. The quantitative estimate of drug-likeness (QED) is 0.808. The molecule has 0 spiro atoms. The predicted octanol–water partition coefficient (Wildman–Crippen LogP) is 2.03. The summed E-state index contributed by atoms with van der Waals surface area (Å²) in [6.45, 7) is 4.29. The molecule has 3 nitrogen and oxygen atoms in total. The van der Waals surface area contributed by atoms with Crippen LogP contribution in [0.4, 0.5) is 5.82 Å². The van der Waals surface area contributed by atoms with Gasteiger partial charge in [0.15, 0.2) is 0 Å². The van der Waals surface area contributed by atoms with Gasteiger partial charge in [0.05, 0.1) is 0 Å². The third-order valence-corrected chi connectivity index (χ3v) is 3.29. The second-order valence-electron chi connectivity index (χ2n) is 4.45. The van der Waals surface area contributed by atoms with E-state index in [1.165, 1.54) is 17.2 Å². The predicted molar refractivity (Wildman–Crippen MR) is 71.4 cm³/mol. The lowest BCUT2D eigenvalue weighted by Gasteiger charge is -2.22. The lowest BCUT2D eigenvalue weighted by atomic mass is 10.1. The first-order valence-electron chi connectivity index (χ1n) is 6.24. The fraction of sp³-hybridized carbons (Fsp3) is 0.357. The molecule has 0 atom stereocenters. The van der Waals surface area contributed by atoms with Gasteiger partial charge in [-0.3, -0.25) is 0 Å². The summed E-state index contributed by atoms with van der Waals surface area (Å²) in [4.78, 5) is 6.96. The largest absolute Gasteiger partial charge is 0.355 e. The average Bonchev–Trinajstić information content (AvgIpc) is 2.67. The van der Waals surface area contributed by atoms with Crippen molar-refractivity contribution in [3.05, 3.63) is 36.5 Å². The van der Waals surface area contributed by atoms with E-state index < -0.39 is 0 Å². The molecule has 1 N–H and O–H groups in total. The maximum atomic E-state index is 4.57. The van der Waals surface area contributed by atoms with Gasteiger partial charge in [0.25, 0.3) is 0 Å². The number of pyridine rings is 1. The van der Waals surface area contributed by atoms with Crippen LogP contribution in [0.5, 0.6) is 0 Å². The van der Waals surface area contributed by atoms with Crippen molar-refractivity contribution >= 4 is 16.6 Å². The molecule has 3 rings (SSSR count). The van der Waals surface area contributed by atoms with Gasteiger partial charge in [-0.1, -0.05) is 24.3 Å². The summed E-state index contributed by atoms with van der Waals surface area (Å²) in [7, 11) is 0. The molecular formula is C14H17N3. The molecule has 2 aromatic rings. The Morgan fingerprint density at radius 1 is 1.06 bits per heavy atom. The van der Waals surface area contributed by atoms with Crippen LogP contribution in [0.1, 0.15) is 6.42 Å². The highest BCUT2D eigenvalue weighted by Crippen LogP contribution is 2.24. The Morgan fingerprint density at radius 3 is 3.00 bits per heavy atom. The van der Waals surface area contributed by atoms with E-state index in [1.54, 1.807) is 0 Å². The van der Waals surface area contributed by atoms with Crippen LogP contribution in [0, 0.1) is 0 Å². The minimum atomic E-state index is 1.04. The zero-order valence-electron chi connectivity index (χ0n) is 9.89. The molecule has 1 aliphatic heterocycles. The molecule has 0 bridgehead atoms. The van der Waals surface area contributed by atoms with Gasteiger partial charge in [0.2, 0.25) is 0 Å². The first-order valence-corrected chi connectivity index (χ1v) is 6.24. The molecule has 88 valence electrons. The number of fused-ring (bicyclic) bond motifs is 1. The number of anilines is 1. The van der Waals surface area contributed by atoms with E-state index in [9.17, 15) is 0 Å². The standard InChI is InChI=1S/C14H17N3/c1-2-5-13-12(4-1)6-8-16-14(13)17-10-3-7-15-9-11-17/h1-2,4-6,8,15H,3,7,9-11H2. The Hall–Kier alpha value is -1.61. The summed E-state index contributed by atoms with van der Waals surface area (Å²) in [6.07, 6.45) is 3.10. The molecule has 1 fully saturated rings. The zero-order valence-corrected chi connectivity index (χ0v) is 9.89. The minimum Gasteiger partial charge on any atom is -0.355 e. The molecule has 2 heterocycles. The first kappa shape index (κ1) is 10.5. The molecule has 1 aromatic heterocycles. The molecule has 17 heavy (non-hydrogen) atoms. The van der Waals surface area contributed by atoms with Crippen LogP contribution in [0.2, 0.25) is 0 Å². The summed E-state index contributed by atoms with van der Waals surface area (Å²) in [5.74, 6) is 1.13. The summed E-state index contributed by atoms with van der Waals surface area (Å²) in [6, 6.07) is 10.6. The van der Waals surface area contributed by atoms with Crippen LogP contribution >= 0.6 is 0 Å². The van der Waals surface area contributed by atoms with E-state index in [4.69, 9.17) is 0 Å². The second-order valence-corrected chi connectivity index (χ2v) is 4.45. The third-order valence-electron chi connectivity index (χ3n) is 3.29. The Morgan fingerprint density at radius 2 is 2.00 bits per heavy atom. The highest BCUT2D eigenvalue weighted by molar-refractivity contribution is 5.92. The van der Waals surface area contributed by atoms with Crippen molar-refractivity contribution < 1.29 is 0 Å². The Labute approximate surface area is 101 Å². The highest BCUT2D eigenvalue weighted by Gasteiger charge is 2.12. The molecule has 0 unspecified atom stereocenters. The maximum absolute atomic E-state index is 4.57. The van der Waals surface area contributed by atoms with E-state index >= 15 is 0 Å². The average molecular weight is 227 g/mol. The molecule has 1 saturated heterocycles. The molecule has 1 aromatic carbocycles. The van der Waals surface area contributed by atoms with E-state index in [0.717, 1.165) is 32.0 Å². The summed E-state index contributed by atoms with van der Waals surface area (Å²) in [5, 5.41) is 5.96. The number of hydrogen-bond acceptors (Lipinski definition) is 3. The zero-order chi connectivity index (χ0) is 11.5. The van der Waals surface area contributed by atoms with Gasteiger partial charge in [0, 0.05) is 31.2 Å².